The Balaban J connectivity index is 1.91. The summed E-state index contributed by atoms with van der Waals surface area (Å²) in [4.78, 5) is 26.1. The van der Waals surface area contributed by atoms with Crippen LogP contribution in [0.2, 0.25) is 0 Å². The van der Waals surface area contributed by atoms with Crippen LogP contribution in [0.15, 0.2) is 58.8 Å². The summed E-state index contributed by atoms with van der Waals surface area (Å²) in [5, 5.41) is 3.04. The maximum atomic E-state index is 13.2. The summed E-state index contributed by atoms with van der Waals surface area (Å²) in [7, 11) is -3.95. The number of nitrogens with one attached hydrogen (secondary N) is 1. The number of rotatable bonds is 3. The standard InChI is InChI=1S/C19H18N2O4S/c1-2-12-8-10-20-16-15(12)19(23)17-14(18(16)22)9-11-21(17)26(24,25)13-6-4-3-5-7-13/h3-7,9,11-12,20H,2,8,10H2,1H3. The molecule has 2 aliphatic rings. The number of ketones is 2. The fraction of sp³-hybridized carbons (Fsp3) is 0.263. The predicted molar refractivity (Wildman–Crippen MR) is 95.5 cm³/mol. The van der Waals surface area contributed by atoms with Crippen LogP contribution < -0.4 is 5.32 Å². The number of carbonyl (C=O) groups excluding carboxylic acids is 2. The van der Waals surface area contributed by atoms with Gasteiger partial charge in [0.05, 0.1) is 16.2 Å². The zero-order valence-electron chi connectivity index (χ0n) is 14.2. The largest absolute Gasteiger partial charge is 0.382 e. The van der Waals surface area contributed by atoms with Crippen LogP contribution in [-0.4, -0.2) is 30.5 Å². The fourth-order valence-corrected chi connectivity index (χ4v) is 5.08. The summed E-state index contributed by atoms with van der Waals surface area (Å²) in [6, 6.07) is 9.31. The van der Waals surface area contributed by atoms with Crippen LogP contribution in [0.3, 0.4) is 0 Å². The molecule has 0 amide bonds. The van der Waals surface area contributed by atoms with Crippen molar-refractivity contribution >= 4 is 21.6 Å². The summed E-state index contributed by atoms with van der Waals surface area (Å²) < 4.78 is 26.9. The second-order valence-electron chi connectivity index (χ2n) is 6.46. The van der Waals surface area contributed by atoms with Crippen molar-refractivity contribution in [2.24, 2.45) is 5.92 Å². The van der Waals surface area contributed by atoms with Crippen LogP contribution in [0, 0.1) is 5.92 Å². The van der Waals surface area contributed by atoms with Crippen molar-refractivity contribution in [3.63, 3.8) is 0 Å². The van der Waals surface area contributed by atoms with Crippen molar-refractivity contribution in [2.45, 2.75) is 24.7 Å². The second kappa shape index (κ2) is 5.95. The van der Waals surface area contributed by atoms with Gasteiger partial charge in [0.25, 0.3) is 10.0 Å². The lowest BCUT2D eigenvalue weighted by atomic mass is 9.79. The van der Waals surface area contributed by atoms with Gasteiger partial charge in [-0.2, -0.15) is 0 Å². The van der Waals surface area contributed by atoms with Gasteiger partial charge in [-0.3, -0.25) is 9.59 Å². The van der Waals surface area contributed by atoms with Crippen molar-refractivity contribution in [1.29, 1.82) is 0 Å². The van der Waals surface area contributed by atoms with E-state index in [0.29, 0.717) is 17.8 Å². The lowest BCUT2D eigenvalue weighted by molar-refractivity contribution is 0.0947. The Morgan fingerprint density at radius 2 is 1.85 bits per heavy atom. The van der Waals surface area contributed by atoms with Crippen molar-refractivity contribution in [1.82, 2.24) is 9.29 Å². The van der Waals surface area contributed by atoms with E-state index in [9.17, 15) is 18.0 Å². The highest BCUT2D eigenvalue weighted by Gasteiger charge is 2.41. The highest BCUT2D eigenvalue weighted by Crippen LogP contribution is 2.36. The van der Waals surface area contributed by atoms with Gasteiger partial charge < -0.3 is 5.32 Å². The van der Waals surface area contributed by atoms with E-state index in [1.807, 2.05) is 6.92 Å². The van der Waals surface area contributed by atoms with Crippen LogP contribution in [-0.2, 0) is 10.0 Å². The SMILES string of the molecule is CCC1CCNC2=C1C(=O)c1c(ccn1S(=O)(=O)c1ccccc1)C2=O. The lowest BCUT2D eigenvalue weighted by Gasteiger charge is -2.30. The predicted octanol–water partition coefficient (Wildman–Crippen LogP) is 2.38. The zero-order chi connectivity index (χ0) is 18.5. The van der Waals surface area contributed by atoms with Gasteiger partial charge in [0, 0.05) is 18.3 Å². The molecule has 0 radical (unpaired) electrons. The van der Waals surface area contributed by atoms with E-state index in [1.165, 1.54) is 24.4 Å². The maximum absolute atomic E-state index is 13.2. The molecule has 1 aromatic heterocycles. The van der Waals surface area contributed by atoms with E-state index >= 15 is 0 Å². The highest BCUT2D eigenvalue weighted by atomic mass is 32.2. The minimum atomic E-state index is -3.95. The third kappa shape index (κ3) is 2.27. The molecule has 7 heteroatoms. The molecule has 0 bridgehead atoms. The molecule has 0 saturated heterocycles. The first-order valence-electron chi connectivity index (χ1n) is 8.56. The van der Waals surface area contributed by atoms with E-state index in [-0.39, 0.29) is 33.6 Å². The van der Waals surface area contributed by atoms with E-state index in [0.717, 1.165) is 16.8 Å². The number of carbonyl (C=O) groups is 2. The first-order chi connectivity index (χ1) is 12.5. The Morgan fingerprint density at radius 3 is 2.54 bits per heavy atom. The Labute approximate surface area is 151 Å². The van der Waals surface area contributed by atoms with Gasteiger partial charge in [-0.05, 0) is 37.0 Å². The van der Waals surface area contributed by atoms with Crippen molar-refractivity contribution in [3.05, 3.63) is 65.1 Å². The van der Waals surface area contributed by atoms with Gasteiger partial charge in [-0.1, -0.05) is 25.1 Å². The average Bonchev–Trinajstić information content (AvgIpc) is 3.12. The highest BCUT2D eigenvalue weighted by molar-refractivity contribution is 7.90. The molecule has 1 aliphatic carbocycles. The molecule has 1 atom stereocenters. The first kappa shape index (κ1) is 16.8. The summed E-state index contributed by atoms with van der Waals surface area (Å²) in [5.74, 6) is -0.730. The monoisotopic (exact) mass is 370 g/mol. The van der Waals surface area contributed by atoms with E-state index in [1.54, 1.807) is 18.2 Å². The number of aromatic nitrogens is 1. The fourth-order valence-electron chi connectivity index (χ4n) is 3.71. The Morgan fingerprint density at radius 1 is 1.12 bits per heavy atom. The van der Waals surface area contributed by atoms with E-state index in [4.69, 9.17) is 0 Å². The van der Waals surface area contributed by atoms with Gasteiger partial charge in [0.2, 0.25) is 11.6 Å². The summed E-state index contributed by atoms with van der Waals surface area (Å²) in [6.45, 7) is 2.60. The van der Waals surface area contributed by atoms with Crippen molar-refractivity contribution in [3.8, 4) is 0 Å². The number of allylic oxidation sites excluding steroid dienone is 2. The van der Waals surface area contributed by atoms with Crippen LogP contribution in [0.25, 0.3) is 0 Å². The molecule has 134 valence electrons. The Bertz CT molecular complexity index is 1050. The smallest absolute Gasteiger partial charge is 0.268 e. The Kier molecular flexibility index (Phi) is 3.84. The summed E-state index contributed by atoms with van der Waals surface area (Å²) in [5.41, 5.74) is 0.826. The molecule has 4 rings (SSSR count). The minimum absolute atomic E-state index is 0.0429. The molecule has 2 heterocycles. The first-order valence-corrected chi connectivity index (χ1v) is 10.00. The molecule has 1 aromatic carbocycles. The molecular formula is C19H18N2O4S. The minimum Gasteiger partial charge on any atom is -0.382 e. The molecule has 0 fully saturated rings. The molecule has 26 heavy (non-hydrogen) atoms. The number of hydrogen-bond acceptors (Lipinski definition) is 5. The van der Waals surface area contributed by atoms with Gasteiger partial charge in [0.15, 0.2) is 0 Å². The van der Waals surface area contributed by atoms with Gasteiger partial charge >= 0.3 is 0 Å². The summed E-state index contributed by atoms with van der Waals surface area (Å²) >= 11 is 0. The number of nitrogens with zero attached hydrogens (tertiary/aromatic N) is 1. The van der Waals surface area contributed by atoms with Crippen LogP contribution in [0.4, 0.5) is 0 Å². The summed E-state index contributed by atoms with van der Waals surface area (Å²) in [6.07, 6.45) is 2.76. The number of hydrogen-bond donors (Lipinski definition) is 1. The van der Waals surface area contributed by atoms with Gasteiger partial charge in [-0.15, -0.1) is 0 Å². The topological polar surface area (TPSA) is 85.2 Å². The van der Waals surface area contributed by atoms with Gasteiger partial charge in [-0.25, -0.2) is 12.4 Å². The van der Waals surface area contributed by atoms with Crippen molar-refractivity contribution in [2.75, 3.05) is 6.54 Å². The lowest BCUT2D eigenvalue weighted by Crippen LogP contribution is -2.39. The van der Waals surface area contributed by atoms with Crippen LogP contribution in [0.5, 0.6) is 0 Å². The maximum Gasteiger partial charge on any atom is 0.268 e. The zero-order valence-corrected chi connectivity index (χ0v) is 15.0. The normalized spacial score (nSPS) is 19.8. The second-order valence-corrected chi connectivity index (χ2v) is 8.27. The van der Waals surface area contributed by atoms with E-state index < -0.39 is 10.0 Å². The third-order valence-electron chi connectivity index (χ3n) is 5.05. The third-order valence-corrected chi connectivity index (χ3v) is 6.74. The number of benzene rings is 1. The number of fused-ring (bicyclic) bond motifs is 1. The Hall–Kier alpha value is -2.67. The molecular weight excluding hydrogens is 352 g/mol. The average molecular weight is 370 g/mol. The molecule has 6 nitrogen and oxygen atoms in total. The van der Waals surface area contributed by atoms with E-state index in [2.05, 4.69) is 5.32 Å². The van der Waals surface area contributed by atoms with Gasteiger partial charge in [0.1, 0.15) is 5.69 Å². The molecule has 1 N–H and O–H groups in total. The van der Waals surface area contributed by atoms with Crippen LogP contribution >= 0.6 is 0 Å². The molecule has 0 saturated carbocycles. The van der Waals surface area contributed by atoms with Crippen molar-refractivity contribution < 1.29 is 18.0 Å². The quantitative estimate of drug-likeness (QED) is 0.897. The number of Topliss-reactive ketones (excluding diaryl/α,β-unsaturated/α-hetero) is 2. The molecule has 2 aromatic rings. The molecule has 0 spiro atoms. The van der Waals surface area contributed by atoms with Crippen LogP contribution in [0.1, 0.15) is 40.6 Å². The molecule has 1 unspecified atom stereocenters. The molecule has 1 aliphatic heterocycles.